The minimum atomic E-state index is -3.34. The molecule has 10 heteroatoms. The number of amides is 1. The molecule has 0 saturated carbocycles. The lowest BCUT2D eigenvalue weighted by Crippen LogP contribution is -2.19. The van der Waals surface area contributed by atoms with Crippen molar-refractivity contribution in [2.24, 2.45) is 0 Å². The van der Waals surface area contributed by atoms with Crippen molar-refractivity contribution in [3.05, 3.63) is 80.0 Å². The lowest BCUT2D eigenvalue weighted by atomic mass is 9.99. The minimum absolute atomic E-state index is 0.0810. The van der Waals surface area contributed by atoms with E-state index < -0.39 is 14.8 Å². The van der Waals surface area contributed by atoms with E-state index in [-0.39, 0.29) is 28.9 Å². The van der Waals surface area contributed by atoms with Crippen LogP contribution in [0.1, 0.15) is 38.3 Å². The molecule has 0 unspecified atom stereocenters. The van der Waals surface area contributed by atoms with Gasteiger partial charge in [-0.05, 0) is 44.0 Å². The molecular weight excluding hydrogens is 420 g/mol. The Labute approximate surface area is 178 Å². The topological polar surface area (TPSA) is 124 Å². The van der Waals surface area contributed by atoms with Gasteiger partial charge in [-0.3, -0.25) is 14.9 Å². The van der Waals surface area contributed by atoms with Gasteiger partial charge in [0.1, 0.15) is 5.82 Å². The first-order valence-electron chi connectivity index (χ1n) is 9.51. The van der Waals surface area contributed by atoms with Crippen molar-refractivity contribution in [2.45, 2.75) is 32.3 Å². The molecule has 0 atom stereocenters. The van der Waals surface area contributed by atoms with Crippen LogP contribution in [0.2, 0.25) is 0 Å². The van der Waals surface area contributed by atoms with Crippen LogP contribution in [0.25, 0.3) is 5.69 Å². The number of benzene rings is 2. The van der Waals surface area contributed by atoms with E-state index >= 15 is 0 Å². The third-order valence-corrected chi connectivity index (χ3v) is 6.67. The van der Waals surface area contributed by atoms with E-state index in [1.165, 1.54) is 28.9 Å². The van der Waals surface area contributed by atoms with Crippen molar-refractivity contribution in [3.8, 4) is 5.69 Å². The van der Waals surface area contributed by atoms with Crippen LogP contribution in [0.3, 0.4) is 0 Å². The molecule has 0 saturated heterocycles. The van der Waals surface area contributed by atoms with Gasteiger partial charge in [0.05, 0.1) is 27.8 Å². The molecule has 1 aliphatic heterocycles. The Kier molecular flexibility index (Phi) is 4.89. The molecule has 2 heterocycles. The summed E-state index contributed by atoms with van der Waals surface area (Å²) in [5.74, 6) is -0.552. The van der Waals surface area contributed by atoms with Gasteiger partial charge < -0.3 is 5.32 Å². The van der Waals surface area contributed by atoms with Crippen molar-refractivity contribution in [1.82, 2.24) is 9.78 Å². The van der Waals surface area contributed by atoms with Gasteiger partial charge in [0.2, 0.25) is 0 Å². The lowest BCUT2D eigenvalue weighted by Gasteiger charge is -2.14. The largest absolute Gasteiger partial charge is 0.306 e. The number of aromatic nitrogens is 2. The zero-order valence-electron chi connectivity index (χ0n) is 17.2. The molecule has 2 aromatic carbocycles. The molecule has 31 heavy (non-hydrogen) atoms. The molecule has 0 radical (unpaired) electrons. The van der Waals surface area contributed by atoms with Gasteiger partial charge in [-0.25, -0.2) is 13.1 Å². The number of aryl methyl sites for hydroxylation is 3. The first kappa shape index (κ1) is 20.7. The second-order valence-corrected chi connectivity index (χ2v) is 9.78. The van der Waals surface area contributed by atoms with E-state index in [0.717, 1.165) is 16.7 Å². The molecule has 160 valence electrons. The fourth-order valence-electron chi connectivity index (χ4n) is 3.98. The third kappa shape index (κ3) is 3.81. The number of nitrogens with one attached hydrogen (secondary N) is 1. The fourth-order valence-corrected chi connectivity index (χ4v) is 5.48. The number of rotatable bonds is 4. The standard InChI is InChI=1S/C21H20N4O5S/c1-12-8-13(2)19(14(3)9-12)21(26)22-20-17-10-31(29,30)11-18(17)23-24(20)15-4-6-16(7-5-15)25(27)28/h4-9H,10-11H2,1-3H3,(H,22,26). The molecule has 0 aliphatic carbocycles. The monoisotopic (exact) mass is 440 g/mol. The van der Waals surface area contributed by atoms with Crippen LogP contribution in [-0.2, 0) is 21.3 Å². The van der Waals surface area contributed by atoms with Gasteiger partial charge in [-0.1, -0.05) is 17.7 Å². The number of nitrogens with zero attached hydrogens (tertiary/aromatic N) is 3. The third-order valence-electron chi connectivity index (χ3n) is 5.23. The van der Waals surface area contributed by atoms with Crippen LogP contribution in [0.4, 0.5) is 11.5 Å². The molecule has 1 aliphatic rings. The van der Waals surface area contributed by atoms with Gasteiger partial charge in [-0.2, -0.15) is 5.10 Å². The second-order valence-electron chi connectivity index (χ2n) is 7.72. The number of hydrogen-bond donors (Lipinski definition) is 1. The molecule has 0 spiro atoms. The van der Waals surface area contributed by atoms with Crippen molar-refractivity contribution < 1.29 is 18.1 Å². The summed E-state index contributed by atoms with van der Waals surface area (Å²) in [6, 6.07) is 9.49. The number of hydrogen-bond acceptors (Lipinski definition) is 6. The van der Waals surface area contributed by atoms with Crippen molar-refractivity contribution in [2.75, 3.05) is 5.32 Å². The zero-order valence-corrected chi connectivity index (χ0v) is 18.0. The highest BCUT2D eigenvalue weighted by Gasteiger charge is 2.33. The Hall–Kier alpha value is -3.53. The fraction of sp³-hybridized carbons (Fsp3) is 0.238. The molecule has 3 aromatic rings. The maximum atomic E-state index is 13.2. The highest BCUT2D eigenvalue weighted by atomic mass is 32.2. The second kappa shape index (κ2) is 7.31. The SMILES string of the molecule is Cc1cc(C)c(C(=O)Nc2c3c(nn2-c2ccc([N+](=O)[O-])cc2)CS(=O)(=O)C3)c(C)c1. The Balaban J connectivity index is 1.79. The van der Waals surface area contributed by atoms with Gasteiger partial charge in [0.15, 0.2) is 9.84 Å². The summed E-state index contributed by atoms with van der Waals surface area (Å²) in [7, 11) is -3.34. The van der Waals surface area contributed by atoms with Gasteiger partial charge in [0.25, 0.3) is 11.6 Å². The minimum Gasteiger partial charge on any atom is -0.306 e. The first-order chi connectivity index (χ1) is 14.6. The number of sulfone groups is 1. The normalized spacial score (nSPS) is 14.3. The van der Waals surface area contributed by atoms with E-state index in [0.29, 0.717) is 22.5 Å². The Bertz CT molecular complexity index is 1320. The Morgan fingerprint density at radius 2 is 1.71 bits per heavy atom. The van der Waals surface area contributed by atoms with E-state index in [1.807, 2.05) is 32.9 Å². The Morgan fingerprint density at radius 1 is 1.10 bits per heavy atom. The summed E-state index contributed by atoms with van der Waals surface area (Å²) in [6.07, 6.45) is 0. The van der Waals surface area contributed by atoms with Gasteiger partial charge in [-0.15, -0.1) is 0 Å². The number of nitro benzene ring substituents is 1. The molecular formula is C21H20N4O5S. The highest BCUT2D eigenvalue weighted by molar-refractivity contribution is 7.90. The van der Waals surface area contributed by atoms with Gasteiger partial charge >= 0.3 is 0 Å². The molecule has 1 amide bonds. The number of nitro groups is 1. The summed E-state index contributed by atoms with van der Waals surface area (Å²) >= 11 is 0. The van der Waals surface area contributed by atoms with E-state index in [9.17, 15) is 23.3 Å². The van der Waals surface area contributed by atoms with E-state index in [2.05, 4.69) is 10.4 Å². The number of carbonyl (C=O) groups is 1. The quantitative estimate of drug-likeness (QED) is 0.490. The summed E-state index contributed by atoms with van der Waals surface area (Å²) < 4.78 is 25.7. The molecule has 1 aromatic heterocycles. The average molecular weight is 440 g/mol. The summed E-state index contributed by atoms with van der Waals surface area (Å²) in [5.41, 5.74) is 4.36. The molecule has 0 fully saturated rings. The first-order valence-corrected chi connectivity index (χ1v) is 11.3. The number of non-ortho nitro benzene ring substituents is 1. The number of carbonyl (C=O) groups excluding carboxylic acids is 1. The maximum absolute atomic E-state index is 13.2. The smallest absolute Gasteiger partial charge is 0.269 e. The molecule has 0 bridgehead atoms. The van der Waals surface area contributed by atoms with E-state index in [4.69, 9.17) is 0 Å². The average Bonchev–Trinajstić information content (AvgIpc) is 3.13. The van der Waals surface area contributed by atoms with E-state index in [1.54, 1.807) is 0 Å². The summed E-state index contributed by atoms with van der Waals surface area (Å²) in [4.78, 5) is 23.6. The van der Waals surface area contributed by atoms with Crippen LogP contribution in [0, 0.1) is 30.9 Å². The van der Waals surface area contributed by atoms with Crippen LogP contribution in [0.5, 0.6) is 0 Å². The molecule has 4 rings (SSSR count). The number of fused-ring (bicyclic) bond motifs is 1. The maximum Gasteiger partial charge on any atom is 0.269 e. The van der Waals surface area contributed by atoms with Crippen LogP contribution < -0.4 is 5.32 Å². The zero-order chi connectivity index (χ0) is 22.5. The van der Waals surface area contributed by atoms with Crippen molar-refractivity contribution >= 4 is 27.2 Å². The lowest BCUT2D eigenvalue weighted by molar-refractivity contribution is -0.384. The van der Waals surface area contributed by atoms with Gasteiger partial charge in [0, 0.05) is 23.3 Å². The highest BCUT2D eigenvalue weighted by Crippen LogP contribution is 2.34. The molecule has 9 nitrogen and oxygen atoms in total. The van der Waals surface area contributed by atoms with Crippen molar-refractivity contribution in [3.63, 3.8) is 0 Å². The predicted octanol–water partition coefficient (Wildman–Crippen LogP) is 3.39. The number of anilines is 1. The van der Waals surface area contributed by atoms with Crippen LogP contribution >= 0.6 is 0 Å². The Morgan fingerprint density at radius 3 is 2.29 bits per heavy atom. The summed E-state index contributed by atoms with van der Waals surface area (Å²) in [6.45, 7) is 5.64. The molecule has 1 N–H and O–H groups in total. The summed E-state index contributed by atoms with van der Waals surface area (Å²) in [5, 5.41) is 18.2. The van der Waals surface area contributed by atoms with Crippen LogP contribution in [-0.4, -0.2) is 29.0 Å². The van der Waals surface area contributed by atoms with Crippen molar-refractivity contribution in [1.29, 1.82) is 0 Å². The predicted molar refractivity (Wildman–Crippen MR) is 115 cm³/mol. The van der Waals surface area contributed by atoms with Crippen LogP contribution in [0.15, 0.2) is 36.4 Å².